The fraction of sp³-hybridized carbons (Fsp3) is 0.500. The lowest BCUT2D eigenvalue weighted by Crippen LogP contribution is -2.45. The highest BCUT2D eigenvalue weighted by molar-refractivity contribution is 5.75. The third-order valence-corrected chi connectivity index (χ3v) is 3.24. The normalized spacial score (nSPS) is 12.2. The Morgan fingerprint density at radius 2 is 2.11 bits per heavy atom. The van der Waals surface area contributed by atoms with Crippen LogP contribution in [-0.4, -0.2) is 29.1 Å². The fourth-order valence-corrected chi connectivity index (χ4v) is 1.90. The lowest BCUT2D eigenvalue weighted by atomic mass is 10.1. The van der Waals surface area contributed by atoms with Crippen LogP contribution in [0.15, 0.2) is 18.2 Å². The van der Waals surface area contributed by atoms with E-state index in [0.29, 0.717) is 0 Å². The number of imidazole rings is 1. The molecule has 1 heterocycles. The van der Waals surface area contributed by atoms with Gasteiger partial charge < -0.3 is 15.6 Å². The first-order valence-corrected chi connectivity index (χ1v) is 6.35. The van der Waals surface area contributed by atoms with Gasteiger partial charge in [-0.3, -0.25) is 0 Å². The zero-order valence-electron chi connectivity index (χ0n) is 11.6. The number of fused-ring (bicyclic) bond motifs is 1. The summed E-state index contributed by atoms with van der Waals surface area (Å²) < 4.78 is 0. The van der Waals surface area contributed by atoms with Crippen molar-refractivity contribution in [2.75, 3.05) is 13.6 Å². The van der Waals surface area contributed by atoms with Crippen LogP contribution in [-0.2, 0) is 6.54 Å². The van der Waals surface area contributed by atoms with E-state index in [0.717, 1.165) is 29.9 Å². The van der Waals surface area contributed by atoms with Gasteiger partial charge in [0.15, 0.2) is 0 Å². The highest BCUT2D eigenvalue weighted by Gasteiger charge is 2.13. The number of rotatable bonds is 5. The van der Waals surface area contributed by atoms with Crippen LogP contribution in [0.25, 0.3) is 11.0 Å². The maximum absolute atomic E-state index is 4.40. The van der Waals surface area contributed by atoms with Gasteiger partial charge in [-0.25, -0.2) is 4.98 Å². The van der Waals surface area contributed by atoms with Crippen molar-refractivity contribution in [2.24, 2.45) is 0 Å². The molecule has 0 fully saturated rings. The highest BCUT2D eigenvalue weighted by Crippen LogP contribution is 2.13. The number of H-pyrrole nitrogens is 1. The number of hydrogen-bond acceptors (Lipinski definition) is 3. The number of likely N-dealkylation sites (N-methyl/N-ethyl adjacent to an activating group) is 1. The van der Waals surface area contributed by atoms with Crippen LogP contribution in [0.4, 0.5) is 0 Å². The van der Waals surface area contributed by atoms with Crippen LogP contribution in [0.1, 0.15) is 25.2 Å². The van der Waals surface area contributed by atoms with Crippen molar-refractivity contribution in [3.63, 3.8) is 0 Å². The Morgan fingerprint density at radius 1 is 1.33 bits per heavy atom. The van der Waals surface area contributed by atoms with Crippen LogP contribution in [0.2, 0.25) is 0 Å². The maximum atomic E-state index is 4.40. The van der Waals surface area contributed by atoms with E-state index in [4.69, 9.17) is 0 Å². The first kappa shape index (κ1) is 13.1. The molecule has 0 amide bonds. The van der Waals surface area contributed by atoms with Crippen LogP contribution >= 0.6 is 0 Å². The summed E-state index contributed by atoms with van der Waals surface area (Å²) in [6, 6.07) is 6.36. The van der Waals surface area contributed by atoms with Crippen LogP contribution in [0.5, 0.6) is 0 Å². The Balaban J connectivity index is 1.99. The molecule has 0 aliphatic rings. The average Bonchev–Trinajstić information content (AvgIpc) is 2.68. The molecule has 18 heavy (non-hydrogen) atoms. The monoisotopic (exact) mass is 246 g/mol. The Hall–Kier alpha value is -1.39. The predicted octanol–water partition coefficient (Wildman–Crippen LogP) is 1.96. The molecule has 2 aromatic rings. The number of nitrogens with zero attached hydrogens (tertiary/aromatic N) is 1. The van der Waals surface area contributed by atoms with Crippen LogP contribution in [0.3, 0.4) is 0 Å². The molecule has 0 saturated carbocycles. The molecule has 0 aliphatic carbocycles. The Labute approximate surface area is 108 Å². The SMILES string of the molecule is CNC(C)(C)CNCc1ccc2nc(C)[nH]c2c1. The molecule has 2 rings (SSSR count). The number of hydrogen-bond donors (Lipinski definition) is 3. The number of aryl methyl sites for hydroxylation is 1. The summed E-state index contributed by atoms with van der Waals surface area (Å²) in [6.07, 6.45) is 0. The van der Waals surface area contributed by atoms with Crippen molar-refractivity contribution in [2.45, 2.75) is 32.9 Å². The number of aromatic amines is 1. The average molecular weight is 246 g/mol. The topological polar surface area (TPSA) is 52.7 Å². The Morgan fingerprint density at radius 3 is 2.83 bits per heavy atom. The molecule has 0 atom stereocenters. The van der Waals surface area contributed by atoms with Crippen molar-refractivity contribution < 1.29 is 0 Å². The van der Waals surface area contributed by atoms with E-state index in [2.05, 4.69) is 52.6 Å². The maximum Gasteiger partial charge on any atom is 0.104 e. The first-order valence-electron chi connectivity index (χ1n) is 6.35. The van der Waals surface area contributed by atoms with Gasteiger partial charge in [0.25, 0.3) is 0 Å². The Kier molecular flexibility index (Phi) is 3.68. The minimum atomic E-state index is 0.120. The van der Waals surface area contributed by atoms with Gasteiger partial charge >= 0.3 is 0 Å². The van der Waals surface area contributed by atoms with Crippen LogP contribution in [0, 0.1) is 6.92 Å². The number of benzene rings is 1. The fourth-order valence-electron chi connectivity index (χ4n) is 1.90. The first-order chi connectivity index (χ1) is 8.50. The largest absolute Gasteiger partial charge is 0.342 e. The van der Waals surface area contributed by atoms with E-state index < -0.39 is 0 Å². The standard InChI is InChI=1S/C14H22N4/c1-10-17-12-6-5-11(7-13(12)18-10)8-16-9-14(2,3)15-4/h5-7,15-16H,8-9H2,1-4H3,(H,17,18). The summed E-state index contributed by atoms with van der Waals surface area (Å²) in [7, 11) is 1.99. The van der Waals surface area contributed by atoms with Crippen molar-refractivity contribution in [1.82, 2.24) is 20.6 Å². The number of nitrogens with one attached hydrogen (secondary N) is 3. The quantitative estimate of drug-likeness (QED) is 0.756. The van der Waals surface area contributed by atoms with Gasteiger partial charge in [-0.15, -0.1) is 0 Å². The van der Waals surface area contributed by atoms with Crippen molar-refractivity contribution >= 4 is 11.0 Å². The lowest BCUT2D eigenvalue weighted by molar-refractivity contribution is 0.393. The molecular weight excluding hydrogens is 224 g/mol. The van der Waals surface area contributed by atoms with E-state index in [1.807, 2.05) is 14.0 Å². The molecule has 0 radical (unpaired) electrons. The van der Waals surface area contributed by atoms with Gasteiger partial charge in [0, 0.05) is 18.6 Å². The summed E-state index contributed by atoms with van der Waals surface area (Å²) in [6.45, 7) is 8.15. The zero-order chi connectivity index (χ0) is 13.2. The van der Waals surface area contributed by atoms with Gasteiger partial charge in [0.05, 0.1) is 11.0 Å². The molecular formula is C14H22N4. The summed E-state index contributed by atoms with van der Waals surface area (Å²) in [5, 5.41) is 6.75. The second kappa shape index (κ2) is 5.08. The van der Waals surface area contributed by atoms with Crippen molar-refractivity contribution in [1.29, 1.82) is 0 Å². The molecule has 1 aromatic heterocycles. The minimum absolute atomic E-state index is 0.120. The van der Waals surface area contributed by atoms with Crippen molar-refractivity contribution in [3.05, 3.63) is 29.6 Å². The molecule has 0 spiro atoms. The smallest absolute Gasteiger partial charge is 0.104 e. The summed E-state index contributed by atoms with van der Waals surface area (Å²) in [5.74, 6) is 0.964. The summed E-state index contributed by atoms with van der Waals surface area (Å²) in [4.78, 5) is 7.67. The third-order valence-electron chi connectivity index (χ3n) is 3.24. The second-order valence-electron chi connectivity index (χ2n) is 5.41. The molecule has 0 unspecified atom stereocenters. The molecule has 0 aliphatic heterocycles. The van der Waals surface area contributed by atoms with Crippen molar-refractivity contribution in [3.8, 4) is 0 Å². The lowest BCUT2D eigenvalue weighted by Gasteiger charge is -2.24. The molecule has 4 heteroatoms. The third kappa shape index (κ3) is 3.09. The van der Waals surface area contributed by atoms with Gasteiger partial charge in [-0.1, -0.05) is 6.07 Å². The second-order valence-corrected chi connectivity index (χ2v) is 5.41. The van der Waals surface area contributed by atoms with Gasteiger partial charge in [-0.05, 0) is 45.5 Å². The molecule has 1 aromatic carbocycles. The number of aromatic nitrogens is 2. The molecule has 98 valence electrons. The predicted molar refractivity (Wildman–Crippen MR) is 75.7 cm³/mol. The summed E-state index contributed by atoms with van der Waals surface area (Å²) in [5.41, 5.74) is 3.54. The summed E-state index contributed by atoms with van der Waals surface area (Å²) >= 11 is 0. The molecule has 4 nitrogen and oxygen atoms in total. The molecule has 3 N–H and O–H groups in total. The minimum Gasteiger partial charge on any atom is -0.342 e. The molecule has 0 bridgehead atoms. The van der Waals surface area contributed by atoms with Crippen LogP contribution < -0.4 is 10.6 Å². The highest BCUT2D eigenvalue weighted by atomic mass is 15.0. The van der Waals surface area contributed by atoms with E-state index in [9.17, 15) is 0 Å². The van der Waals surface area contributed by atoms with Gasteiger partial charge in [0.1, 0.15) is 5.82 Å². The van der Waals surface area contributed by atoms with Gasteiger partial charge in [-0.2, -0.15) is 0 Å². The Bertz CT molecular complexity index is 528. The van der Waals surface area contributed by atoms with E-state index in [1.54, 1.807) is 0 Å². The van der Waals surface area contributed by atoms with E-state index >= 15 is 0 Å². The molecule has 0 saturated heterocycles. The van der Waals surface area contributed by atoms with Gasteiger partial charge in [0.2, 0.25) is 0 Å². The van der Waals surface area contributed by atoms with E-state index in [1.165, 1.54) is 5.56 Å². The zero-order valence-corrected chi connectivity index (χ0v) is 11.6. The van der Waals surface area contributed by atoms with E-state index in [-0.39, 0.29) is 5.54 Å².